The monoisotopic (exact) mass is 592 g/mol. The molecule has 0 fully saturated rings. The Morgan fingerprint density at radius 3 is 0.878 bits per heavy atom. The first-order chi connectivity index (χ1) is 20.2. The van der Waals surface area contributed by atoms with E-state index in [1.165, 1.54) is 44.9 Å². The molecular formula is C31H60O10. The fourth-order valence-corrected chi connectivity index (χ4v) is 3.70. The Hall–Kier alpha value is -1.30. The number of ether oxygens (including phenoxy) is 8. The van der Waals surface area contributed by atoms with Crippen LogP contribution < -0.4 is 0 Å². The van der Waals surface area contributed by atoms with Gasteiger partial charge in [0, 0.05) is 12.8 Å². The lowest BCUT2D eigenvalue weighted by molar-refractivity contribution is -0.146. The van der Waals surface area contributed by atoms with E-state index in [9.17, 15) is 9.59 Å². The van der Waals surface area contributed by atoms with Crippen molar-refractivity contribution in [2.24, 2.45) is 0 Å². The third-order valence-electron chi connectivity index (χ3n) is 6.06. The molecular weight excluding hydrogens is 532 g/mol. The van der Waals surface area contributed by atoms with Gasteiger partial charge in [0.1, 0.15) is 13.2 Å². The summed E-state index contributed by atoms with van der Waals surface area (Å²) >= 11 is 0. The number of rotatable bonds is 34. The Bertz CT molecular complexity index is 547. The van der Waals surface area contributed by atoms with Crippen LogP contribution in [0.5, 0.6) is 0 Å². The summed E-state index contributed by atoms with van der Waals surface area (Å²) in [6.45, 7) is 10.5. The summed E-state index contributed by atoms with van der Waals surface area (Å²) in [5.74, 6) is -0.291. The largest absolute Gasteiger partial charge is 0.463 e. The van der Waals surface area contributed by atoms with Crippen LogP contribution >= 0.6 is 0 Å². The molecule has 0 aromatic rings. The normalized spacial score (nSPS) is 11.2. The highest BCUT2D eigenvalue weighted by atomic mass is 16.6. The minimum atomic E-state index is -0.147. The van der Waals surface area contributed by atoms with Gasteiger partial charge < -0.3 is 37.9 Å². The highest BCUT2D eigenvalue weighted by Crippen LogP contribution is 2.07. The molecule has 0 saturated heterocycles. The molecule has 0 heterocycles. The lowest BCUT2D eigenvalue weighted by atomic mass is 10.1. The van der Waals surface area contributed by atoms with Crippen molar-refractivity contribution in [2.45, 2.75) is 97.3 Å². The molecule has 0 unspecified atom stereocenters. The van der Waals surface area contributed by atoms with Crippen LogP contribution in [0.25, 0.3) is 0 Å². The number of carbonyl (C=O) groups is 2. The quantitative estimate of drug-likeness (QED) is 0.0723. The smallest absolute Gasteiger partial charge is 0.305 e. The molecule has 0 saturated carbocycles. The Morgan fingerprint density at radius 2 is 0.585 bits per heavy atom. The van der Waals surface area contributed by atoms with Gasteiger partial charge in [-0.1, -0.05) is 71.6 Å². The van der Waals surface area contributed by atoms with Crippen LogP contribution in [0.2, 0.25) is 0 Å². The summed E-state index contributed by atoms with van der Waals surface area (Å²) in [6, 6.07) is 0. The first kappa shape index (κ1) is 39.7. The topological polar surface area (TPSA) is 108 Å². The predicted molar refractivity (Wildman–Crippen MR) is 158 cm³/mol. The van der Waals surface area contributed by atoms with E-state index in [-0.39, 0.29) is 25.2 Å². The van der Waals surface area contributed by atoms with E-state index in [4.69, 9.17) is 37.9 Å². The maximum absolute atomic E-state index is 11.6. The summed E-state index contributed by atoms with van der Waals surface area (Å²) in [4.78, 5) is 23.2. The molecule has 0 aliphatic carbocycles. The Balaban J connectivity index is 3.15. The first-order valence-electron chi connectivity index (χ1n) is 16.0. The van der Waals surface area contributed by atoms with E-state index in [2.05, 4.69) is 13.8 Å². The molecule has 0 atom stereocenters. The molecule has 10 nitrogen and oxygen atoms in total. The number of hydrogen-bond acceptors (Lipinski definition) is 10. The zero-order valence-electron chi connectivity index (χ0n) is 26.2. The molecule has 0 aliphatic heterocycles. The van der Waals surface area contributed by atoms with Crippen LogP contribution in [0, 0.1) is 0 Å². The van der Waals surface area contributed by atoms with Crippen LogP contribution in [0.1, 0.15) is 97.3 Å². The summed E-state index contributed by atoms with van der Waals surface area (Å²) in [6.07, 6.45) is 13.5. The average molecular weight is 593 g/mol. The highest BCUT2D eigenvalue weighted by molar-refractivity contribution is 5.69. The molecule has 41 heavy (non-hydrogen) atoms. The van der Waals surface area contributed by atoms with Gasteiger partial charge in [0.05, 0.1) is 79.3 Å². The zero-order valence-corrected chi connectivity index (χ0v) is 26.2. The molecule has 0 spiro atoms. The van der Waals surface area contributed by atoms with Crippen molar-refractivity contribution in [3.8, 4) is 0 Å². The predicted octanol–water partition coefficient (Wildman–Crippen LogP) is 5.28. The van der Waals surface area contributed by atoms with Gasteiger partial charge in [-0.15, -0.1) is 0 Å². The summed E-state index contributed by atoms with van der Waals surface area (Å²) in [5.41, 5.74) is 0. The Kier molecular flexibility index (Phi) is 33.8. The molecule has 244 valence electrons. The van der Waals surface area contributed by atoms with Crippen LogP contribution in [0.3, 0.4) is 0 Å². The third-order valence-corrected chi connectivity index (χ3v) is 6.06. The Labute approximate surface area is 249 Å². The van der Waals surface area contributed by atoms with Gasteiger partial charge in [0.15, 0.2) is 0 Å². The molecule has 0 rings (SSSR count). The molecule has 0 radical (unpaired) electrons. The van der Waals surface area contributed by atoms with Gasteiger partial charge in [0.2, 0.25) is 0 Å². The van der Waals surface area contributed by atoms with Crippen LogP contribution in [0.4, 0.5) is 0 Å². The Morgan fingerprint density at radius 1 is 0.341 bits per heavy atom. The number of carbonyl (C=O) groups excluding carboxylic acids is 2. The standard InChI is InChI=1S/C31H60O10/c1-3-5-7-9-11-13-15-31(33)41-29-27-39-25-23-37-21-19-35-17-16-34-18-20-36-22-24-38-26-28-40-30(32)14-12-10-8-6-4-2/h3-29H2,1-2H3. The van der Waals surface area contributed by atoms with E-state index in [0.29, 0.717) is 92.1 Å². The second-order valence-corrected chi connectivity index (χ2v) is 9.80. The molecule has 0 aromatic carbocycles. The van der Waals surface area contributed by atoms with E-state index in [1.807, 2.05) is 0 Å². The maximum atomic E-state index is 11.6. The zero-order chi connectivity index (χ0) is 29.9. The van der Waals surface area contributed by atoms with E-state index in [1.54, 1.807) is 0 Å². The fourth-order valence-electron chi connectivity index (χ4n) is 3.70. The third kappa shape index (κ3) is 34.8. The lowest BCUT2D eigenvalue weighted by Crippen LogP contribution is -2.15. The molecule has 10 heteroatoms. The van der Waals surface area contributed by atoms with Gasteiger partial charge in [-0.05, 0) is 12.8 Å². The van der Waals surface area contributed by atoms with Crippen molar-refractivity contribution < 1.29 is 47.5 Å². The molecule has 0 amide bonds. The molecule has 0 N–H and O–H groups in total. The number of esters is 2. The molecule has 0 bridgehead atoms. The lowest BCUT2D eigenvalue weighted by Gasteiger charge is -2.09. The summed E-state index contributed by atoms with van der Waals surface area (Å²) in [5, 5.41) is 0. The van der Waals surface area contributed by atoms with Crippen molar-refractivity contribution in [2.75, 3.05) is 92.5 Å². The van der Waals surface area contributed by atoms with Crippen LogP contribution in [-0.2, 0) is 47.5 Å². The van der Waals surface area contributed by atoms with Crippen molar-refractivity contribution in [3.63, 3.8) is 0 Å². The minimum Gasteiger partial charge on any atom is -0.463 e. The summed E-state index contributed by atoms with van der Waals surface area (Å²) in [7, 11) is 0. The number of hydrogen-bond donors (Lipinski definition) is 0. The second-order valence-electron chi connectivity index (χ2n) is 9.80. The maximum Gasteiger partial charge on any atom is 0.305 e. The fraction of sp³-hybridized carbons (Fsp3) is 0.935. The second kappa shape index (κ2) is 34.9. The average Bonchev–Trinajstić information content (AvgIpc) is 2.97. The van der Waals surface area contributed by atoms with E-state index in [0.717, 1.165) is 25.7 Å². The minimum absolute atomic E-state index is 0.144. The highest BCUT2D eigenvalue weighted by Gasteiger charge is 2.03. The molecule has 0 aliphatic rings. The van der Waals surface area contributed by atoms with Gasteiger partial charge in [-0.3, -0.25) is 9.59 Å². The van der Waals surface area contributed by atoms with E-state index >= 15 is 0 Å². The van der Waals surface area contributed by atoms with Crippen molar-refractivity contribution in [3.05, 3.63) is 0 Å². The first-order valence-corrected chi connectivity index (χ1v) is 16.0. The van der Waals surface area contributed by atoms with Gasteiger partial charge in [-0.25, -0.2) is 0 Å². The van der Waals surface area contributed by atoms with Crippen molar-refractivity contribution in [1.82, 2.24) is 0 Å². The van der Waals surface area contributed by atoms with Gasteiger partial charge >= 0.3 is 11.9 Å². The van der Waals surface area contributed by atoms with Crippen LogP contribution in [-0.4, -0.2) is 104 Å². The number of unbranched alkanes of at least 4 members (excludes halogenated alkanes) is 9. The van der Waals surface area contributed by atoms with Gasteiger partial charge in [0.25, 0.3) is 0 Å². The van der Waals surface area contributed by atoms with E-state index < -0.39 is 0 Å². The van der Waals surface area contributed by atoms with Gasteiger partial charge in [-0.2, -0.15) is 0 Å². The van der Waals surface area contributed by atoms with Crippen molar-refractivity contribution in [1.29, 1.82) is 0 Å². The summed E-state index contributed by atoms with van der Waals surface area (Å²) < 4.78 is 42.9. The molecule has 0 aromatic heterocycles. The van der Waals surface area contributed by atoms with Crippen LogP contribution in [0.15, 0.2) is 0 Å². The SMILES string of the molecule is CCCCCCCCC(=O)OCCOCCOCCOCCOCCOCCOCCOC(=O)CCCCCCC. The van der Waals surface area contributed by atoms with Crippen molar-refractivity contribution >= 4 is 11.9 Å².